The number of nitrogens with zero attached hydrogens (tertiary/aromatic N) is 4. The van der Waals surface area contributed by atoms with Crippen LogP contribution in [0.4, 0.5) is 5.82 Å². The molecular formula is C18H21N5. The van der Waals surface area contributed by atoms with Crippen LogP contribution in [0.3, 0.4) is 0 Å². The highest BCUT2D eigenvalue weighted by atomic mass is 15.2. The van der Waals surface area contributed by atoms with Crippen LogP contribution >= 0.6 is 0 Å². The molecule has 1 atom stereocenters. The average molecular weight is 307 g/mol. The zero-order valence-corrected chi connectivity index (χ0v) is 13.6. The van der Waals surface area contributed by atoms with Gasteiger partial charge in [-0.2, -0.15) is 10.4 Å². The zero-order chi connectivity index (χ0) is 16.2. The fraction of sp³-hybridized carbons (Fsp3) is 0.389. The minimum Gasteiger partial charge on any atom is -0.363 e. The topological polar surface area (TPSA) is 64.8 Å². The molecule has 0 bridgehead atoms. The van der Waals surface area contributed by atoms with Crippen LogP contribution in [0.2, 0.25) is 0 Å². The van der Waals surface area contributed by atoms with Gasteiger partial charge in [-0.15, -0.1) is 5.10 Å². The quantitative estimate of drug-likeness (QED) is 0.940. The monoisotopic (exact) mass is 307 g/mol. The molecule has 3 rings (SSSR count). The van der Waals surface area contributed by atoms with Crippen molar-refractivity contribution in [3.05, 3.63) is 52.7 Å². The fourth-order valence-corrected chi connectivity index (χ4v) is 2.98. The number of hydrogen-bond acceptors (Lipinski definition) is 5. The maximum absolute atomic E-state index is 9.38. The minimum absolute atomic E-state index is 0.308. The highest BCUT2D eigenvalue weighted by molar-refractivity contribution is 5.56. The smallest absolute Gasteiger partial charge is 0.167 e. The Labute approximate surface area is 137 Å². The molecule has 2 aromatic rings. The van der Waals surface area contributed by atoms with Crippen LogP contribution in [0.5, 0.6) is 0 Å². The van der Waals surface area contributed by atoms with E-state index in [1.54, 1.807) is 0 Å². The van der Waals surface area contributed by atoms with Gasteiger partial charge in [0.05, 0.1) is 5.69 Å². The third kappa shape index (κ3) is 3.49. The van der Waals surface area contributed by atoms with E-state index in [2.05, 4.69) is 50.7 Å². The molecule has 1 aliphatic heterocycles. The second-order valence-electron chi connectivity index (χ2n) is 6.10. The summed E-state index contributed by atoms with van der Waals surface area (Å²) in [4.78, 5) is 2.42. The molecule has 1 saturated heterocycles. The van der Waals surface area contributed by atoms with Gasteiger partial charge in [-0.25, -0.2) is 0 Å². The molecule has 5 nitrogen and oxygen atoms in total. The van der Waals surface area contributed by atoms with Gasteiger partial charge in [-0.3, -0.25) is 4.90 Å². The van der Waals surface area contributed by atoms with Crippen molar-refractivity contribution in [1.29, 1.82) is 5.26 Å². The van der Waals surface area contributed by atoms with Gasteiger partial charge in [-0.1, -0.05) is 30.3 Å². The van der Waals surface area contributed by atoms with E-state index in [9.17, 15) is 5.26 Å². The summed E-state index contributed by atoms with van der Waals surface area (Å²) in [6, 6.07) is 13.1. The third-order valence-electron chi connectivity index (χ3n) is 4.43. The first-order valence-electron chi connectivity index (χ1n) is 7.94. The highest BCUT2D eigenvalue weighted by Gasteiger charge is 2.24. The number of rotatable bonds is 4. The van der Waals surface area contributed by atoms with Crippen molar-refractivity contribution < 1.29 is 0 Å². The van der Waals surface area contributed by atoms with Crippen molar-refractivity contribution in [2.24, 2.45) is 0 Å². The van der Waals surface area contributed by atoms with Crippen molar-refractivity contribution in [2.75, 3.05) is 18.4 Å². The van der Waals surface area contributed by atoms with Crippen LogP contribution in [0.25, 0.3) is 0 Å². The van der Waals surface area contributed by atoms with Crippen LogP contribution in [-0.4, -0.2) is 34.2 Å². The summed E-state index contributed by atoms with van der Waals surface area (Å²) in [6.45, 7) is 6.76. The lowest BCUT2D eigenvalue weighted by atomic mass is 10.1. The number of hydrogen-bond donors (Lipinski definition) is 1. The molecule has 1 fully saturated rings. The molecule has 0 spiro atoms. The SMILES string of the molecule is Cc1nnc(N[C@H]2CCN(Cc3ccccc3)C2)c(C#N)c1C. The molecule has 1 aromatic carbocycles. The summed E-state index contributed by atoms with van der Waals surface area (Å²) in [5.74, 6) is 0.613. The van der Waals surface area contributed by atoms with Gasteiger partial charge in [0.25, 0.3) is 0 Å². The molecule has 0 aliphatic carbocycles. The maximum atomic E-state index is 9.38. The number of benzene rings is 1. The highest BCUT2D eigenvalue weighted by Crippen LogP contribution is 2.21. The van der Waals surface area contributed by atoms with E-state index in [-0.39, 0.29) is 0 Å². The largest absolute Gasteiger partial charge is 0.363 e. The van der Waals surface area contributed by atoms with E-state index in [4.69, 9.17) is 0 Å². The lowest BCUT2D eigenvalue weighted by Gasteiger charge is -2.18. The van der Waals surface area contributed by atoms with Gasteiger partial charge in [-0.05, 0) is 31.4 Å². The molecule has 118 valence electrons. The number of anilines is 1. The van der Waals surface area contributed by atoms with Gasteiger partial charge in [0.15, 0.2) is 5.82 Å². The zero-order valence-electron chi connectivity index (χ0n) is 13.6. The second-order valence-corrected chi connectivity index (χ2v) is 6.10. The Balaban J connectivity index is 1.65. The number of nitriles is 1. The van der Waals surface area contributed by atoms with Crippen LogP contribution in [0.15, 0.2) is 30.3 Å². The summed E-state index contributed by atoms with van der Waals surface area (Å²) in [6.07, 6.45) is 1.05. The molecule has 1 N–H and O–H groups in total. The van der Waals surface area contributed by atoms with Crippen molar-refractivity contribution >= 4 is 5.82 Å². The molecule has 0 saturated carbocycles. The Morgan fingerprint density at radius 3 is 2.78 bits per heavy atom. The first-order valence-corrected chi connectivity index (χ1v) is 7.94. The molecule has 23 heavy (non-hydrogen) atoms. The standard InChI is InChI=1S/C18H21N5/c1-13-14(2)21-22-18(17(13)10-19)20-16-8-9-23(12-16)11-15-6-4-3-5-7-15/h3-7,16H,8-9,11-12H2,1-2H3,(H,20,22)/t16-/m0/s1. The van der Waals surface area contributed by atoms with Gasteiger partial charge in [0.1, 0.15) is 11.6 Å². The number of nitrogens with one attached hydrogen (secondary N) is 1. The molecule has 2 heterocycles. The summed E-state index contributed by atoms with van der Waals surface area (Å²) in [5, 5.41) is 21.1. The molecule has 1 aliphatic rings. The van der Waals surface area contributed by atoms with Crippen LogP contribution in [0.1, 0.15) is 28.8 Å². The Morgan fingerprint density at radius 1 is 1.26 bits per heavy atom. The van der Waals surface area contributed by atoms with Crippen LogP contribution in [-0.2, 0) is 6.54 Å². The van der Waals surface area contributed by atoms with E-state index < -0.39 is 0 Å². The molecule has 1 aromatic heterocycles. The van der Waals surface area contributed by atoms with Crippen LogP contribution < -0.4 is 5.32 Å². The Hall–Kier alpha value is -2.45. The minimum atomic E-state index is 0.308. The van der Waals surface area contributed by atoms with Gasteiger partial charge < -0.3 is 5.32 Å². The molecule has 5 heteroatoms. The van der Waals surface area contributed by atoms with Crippen molar-refractivity contribution in [1.82, 2.24) is 15.1 Å². The van der Waals surface area contributed by atoms with E-state index in [0.29, 0.717) is 17.4 Å². The summed E-state index contributed by atoms with van der Waals surface area (Å²) in [5.41, 5.74) is 3.66. The molecule has 0 amide bonds. The maximum Gasteiger partial charge on any atom is 0.167 e. The predicted octanol–water partition coefficient (Wildman–Crippen LogP) is 2.65. The Morgan fingerprint density at radius 2 is 2.04 bits per heavy atom. The summed E-state index contributed by atoms with van der Waals surface area (Å²) < 4.78 is 0. The van der Waals surface area contributed by atoms with E-state index in [1.165, 1.54) is 5.56 Å². The number of aryl methyl sites for hydroxylation is 1. The molecular weight excluding hydrogens is 286 g/mol. The normalized spacial score (nSPS) is 17.9. The molecule has 0 radical (unpaired) electrons. The Bertz CT molecular complexity index is 720. The molecule has 0 unspecified atom stereocenters. The number of aromatic nitrogens is 2. The van der Waals surface area contributed by atoms with E-state index in [0.717, 1.165) is 37.3 Å². The number of likely N-dealkylation sites (tertiary alicyclic amines) is 1. The lowest BCUT2D eigenvalue weighted by molar-refractivity contribution is 0.328. The summed E-state index contributed by atoms with van der Waals surface area (Å²) in [7, 11) is 0. The van der Waals surface area contributed by atoms with Crippen LogP contribution in [0, 0.1) is 25.2 Å². The van der Waals surface area contributed by atoms with Crippen molar-refractivity contribution in [2.45, 2.75) is 32.9 Å². The average Bonchev–Trinajstić information content (AvgIpc) is 2.99. The van der Waals surface area contributed by atoms with Crippen molar-refractivity contribution in [3.8, 4) is 6.07 Å². The summed E-state index contributed by atoms with van der Waals surface area (Å²) >= 11 is 0. The van der Waals surface area contributed by atoms with Gasteiger partial charge >= 0.3 is 0 Å². The predicted molar refractivity (Wildman–Crippen MR) is 90.0 cm³/mol. The Kier molecular flexibility index (Phi) is 4.54. The van der Waals surface area contributed by atoms with Gasteiger partial charge in [0, 0.05) is 25.7 Å². The first-order chi connectivity index (χ1) is 11.2. The van der Waals surface area contributed by atoms with E-state index >= 15 is 0 Å². The van der Waals surface area contributed by atoms with Gasteiger partial charge in [0.2, 0.25) is 0 Å². The van der Waals surface area contributed by atoms with E-state index in [1.807, 2.05) is 19.9 Å². The lowest BCUT2D eigenvalue weighted by Crippen LogP contribution is -2.27. The first kappa shape index (κ1) is 15.4. The van der Waals surface area contributed by atoms with Crippen molar-refractivity contribution in [3.63, 3.8) is 0 Å². The third-order valence-corrected chi connectivity index (χ3v) is 4.43. The fourth-order valence-electron chi connectivity index (χ4n) is 2.98. The second kappa shape index (κ2) is 6.76.